The van der Waals surface area contributed by atoms with Crippen molar-refractivity contribution in [3.63, 3.8) is 0 Å². The van der Waals surface area contributed by atoms with E-state index in [1.807, 2.05) is 13.0 Å². The lowest BCUT2D eigenvalue weighted by Gasteiger charge is -2.10. The molecule has 0 saturated heterocycles. The molecule has 0 bridgehead atoms. The largest absolute Gasteiger partial charge is 0.481 e. The van der Waals surface area contributed by atoms with Crippen LogP contribution in [0.2, 0.25) is 0 Å². The molecule has 1 atom stereocenters. The van der Waals surface area contributed by atoms with Gasteiger partial charge in [-0.1, -0.05) is 31.2 Å². The molecule has 0 heterocycles. The summed E-state index contributed by atoms with van der Waals surface area (Å²) in [5, 5.41) is 8.98. The van der Waals surface area contributed by atoms with Crippen molar-refractivity contribution in [3.8, 4) is 0 Å². The Hall–Kier alpha value is -1.64. The second-order valence-corrected chi connectivity index (χ2v) is 3.41. The number of benzene rings is 1. The van der Waals surface area contributed by atoms with Gasteiger partial charge in [0.1, 0.15) is 6.29 Å². The van der Waals surface area contributed by atoms with E-state index in [4.69, 9.17) is 5.11 Å². The van der Waals surface area contributed by atoms with Crippen molar-refractivity contribution in [3.05, 3.63) is 35.4 Å². The van der Waals surface area contributed by atoms with Crippen molar-refractivity contribution in [2.45, 2.75) is 25.7 Å². The van der Waals surface area contributed by atoms with Gasteiger partial charge < -0.3 is 9.90 Å². The topological polar surface area (TPSA) is 54.4 Å². The minimum atomic E-state index is -0.819. The molecular weight excluding hydrogens is 192 g/mol. The van der Waals surface area contributed by atoms with Crippen LogP contribution < -0.4 is 0 Å². The Morgan fingerprint density at radius 2 is 2.27 bits per heavy atom. The fraction of sp³-hybridized carbons (Fsp3) is 0.333. The van der Waals surface area contributed by atoms with Gasteiger partial charge in [-0.3, -0.25) is 4.79 Å². The highest BCUT2D eigenvalue weighted by molar-refractivity contribution is 5.76. The zero-order valence-electron chi connectivity index (χ0n) is 8.64. The Morgan fingerprint density at radius 3 is 2.80 bits per heavy atom. The van der Waals surface area contributed by atoms with E-state index in [-0.39, 0.29) is 0 Å². The number of carbonyl (C=O) groups excluding carboxylic acids is 1. The van der Waals surface area contributed by atoms with Gasteiger partial charge in [0.2, 0.25) is 0 Å². The van der Waals surface area contributed by atoms with E-state index in [9.17, 15) is 9.59 Å². The van der Waals surface area contributed by atoms with Crippen LogP contribution in [0, 0.1) is 0 Å². The fourth-order valence-corrected chi connectivity index (χ4v) is 1.59. The van der Waals surface area contributed by atoms with Crippen molar-refractivity contribution in [2.75, 3.05) is 0 Å². The lowest BCUT2D eigenvalue weighted by molar-refractivity contribution is -0.138. The molecule has 0 fully saturated rings. The second-order valence-electron chi connectivity index (χ2n) is 3.41. The molecule has 80 valence electrons. The van der Waals surface area contributed by atoms with E-state index < -0.39 is 11.9 Å². The summed E-state index contributed by atoms with van der Waals surface area (Å²) in [6.07, 6.45) is 1.71. The van der Waals surface area contributed by atoms with E-state index in [0.29, 0.717) is 12.8 Å². The molecule has 1 N–H and O–H groups in total. The number of carboxylic acids is 1. The fourth-order valence-electron chi connectivity index (χ4n) is 1.59. The minimum absolute atomic E-state index is 0.337. The van der Waals surface area contributed by atoms with E-state index in [2.05, 4.69) is 0 Å². The van der Waals surface area contributed by atoms with Crippen molar-refractivity contribution >= 4 is 12.3 Å². The summed E-state index contributed by atoms with van der Waals surface area (Å²) in [5.41, 5.74) is 1.63. The predicted octanol–water partition coefficient (Wildman–Crippen LogP) is 2.01. The molecule has 1 aromatic rings. The zero-order chi connectivity index (χ0) is 11.3. The number of aliphatic carboxylic acids is 1. The summed E-state index contributed by atoms with van der Waals surface area (Å²) in [6.45, 7) is 1.84. The molecule has 0 aliphatic carbocycles. The van der Waals surface area contributed by atoms with Gasteiger partial charge in [-0.2, -0.15) is 0 Å². The quantitative estimate of drug-likeness (QED) is 0.750. The van der Waals surface area contributed by atoms with Crippen LogP contribution in [0.4, 0.5) is 0 Å². The number of hydrogen-bond donors (Lipinski definition) is 1. The number of aldehydes is 1. The Labute approximate surface area is 88.7 Å². The molecule has 0 amide bonds. The van der Waals surface area contributed by atoms with E-state index >= 15 is 0 Å². The average Bonchev–Trinajstić information content (AvgIpc) is 2.19. The summed E-state index contributed by atoms with van der Waals surface area (Å²) in [6, 6.07) is 7.19. The molecule has 0 spiro atoms. The maximum Gasteiger partial charge on any atom is 0.310 e. The Morgan fingerprint density at radius 1 is 1.53 bits per heavy atom. The monoisotopic (exact) mass is 206 g/mol. The first kappa shape index (κ1) is 11.4. The first-order valence-electron chi connectivity index (χ1n) is 4.94. The summed E-state index contributed by atoms with van der Waals surface area (Å²) < 4.78 is 0. The van der Waals surface area contributed by atoms with Crippen molar-refractivity contribution in [1.82, 2.24) is 0 Å². The molecule has 1 aromatic carbocycles. The molecule has 15 heavy (non-hydrogen) atoms. The van der Waals surface area contributed by atoms with Crippen LogP contribution in [0.3, 0.4) is 0 Å². The predicted molar refractivity (Wildman–Crippen MR) is 56.9 cm³/mol. The molecule has 0 aliphatic rings. The summed E-state index contributed by atoms with van der Waals surface area (Å²) >= 11 is 0. The lowest BCUT2D eigenvalue weighted by Crippen LogP contribution is -2.10. The van der Waals surface area contributed by atoms with Crippen LogP contribution in [0.25, 0.3) is 0 Å². The highest BCUT2D eigenvalue weighted by atomic mass is 16.4. The van der Waals surface area contributed by atoms with E-state index in [1.54, 1.807) is 18.2 Å². The second kappa shape index (κ2) is 5.29. The summed E-state index contributed by atoms with van der Waals surface area (Å²) in [5.74, 6) is -1.29. The van der Waals surface area contributed by atoms with Gasteiger partial charge in [0.25, 0.3) is 0 Å². The molecular formula is C12H14O3. The molecule has 1 unspecified atom stereocenters. The van der Waals surface area contributed by atoms with Gasteiger partial charge in [-0.15, -0.1) is 0 Å². The molecule has 0 aliphatic heterocycles. The highest BCUT2D eigenvalue weighted by Crippen LogP contribution is 2.20. The number of carbonyl (C=O) groups is 2. The Balaban J connectivity index is 2.97. The van der Waals surface area contributed by atoms with Gasteiger partial charge >= 0.3 is 5.97 Å². The van der Waals surface area contributed by atoms with Crippen molar-refractivity contribution in [2.24, 2.45) is 0 Å². The van der Waals surface area contributed by atoms with Crippen LogP contribution in [0.1, 0.15) is 30.4 Å². The third kappa shape index (κ3) is 2.91. The molecule has 0 aromatic heterocycles. The number of hydrogen-bond acceptors (Lipinski definition) is 2. The number of rotatable bonds is 5. The van der Waals surface area contributed by atoms with E-state index in [1.165, 1.54) is 0 Å². The number of carboxylic acid groups (broad SMARTS) is 1. The maximum atomic E-state index is 10.9. The van der Waals surface area contributed by atoms with Gasteiger partial charge in [0.05, 0.1) is 5.92 Å². The normalized spacial score (nSPS) is 12.1. The molecule has 0 radical (unpaired) electrons. The standard InChI is InChI=1S/C12H14O3/c1-2-11(12(14)15)10-5-3-4-9(8-10)6-7-13/h3-5,7-8,11H,2,6H2,1H3,(H,14,15). The third-order valence-corrected chi connectivity index (χ3v) is 2.38. The van der Waals surface area contributed by atoms with Gasteiger partial charge in [-0.05, 0) is 17.5 Å². The molecule has 0 saturated carbocycles. The van der Waals surface area contributed by atoms with Crippen molar-refractivity contribution in [1.29, 1.82) is 0 Å². The molecule has 3 nitrogen and oxygen atoms in total. The van der Waals surface area contributed by atoms with Crippen LogP contribution in [-0.4, -0.2) is 17.4 Å². The van der Waals surface area contributed by atoms with Gasteiger partial charge in [-0.25, -0.2) is 0 Å². The smallest absolute Gasteiger partial charge is 0.310 e. The summed E-state index contributed by atoms with van der Waals surface area (Å²) in [4.78, 5) is 21.3. The Bertz CT molecular complexity index is 358. The Kier molecular flexibility index (Phi) is 4.03. The minimum Gasteiger partial charge on any atom is -0.481 e. The van der Waals surface area contributed by atoms with Gasteiger partial charge in [0.15, 0.2) is 0 Å². The highest BCUT2D eigenvalue weighted by Gasteiger charge is 2.17. The maximum absolute atomic E-state index is 10.9. The van der Waals surface area contributed by atoms with Crippen LogP contribution >= 0.6 is 0 Å². The van der Waals surface area contributed by atoms with Crippen LogP contribution in [0.5, 0.6) is 0 Å². The first-order chi connectivity index (χ1) is 7.19. The van der Waals surface area contributed by atoms with Gasteiger partial charge in [0, 0.05) is 6.42 Å². The zero-order valence-corrected chi connectivity index (χ0v) is 8.64. The average molecular weight is 206 g/mol. The lowest BCUT2D eigenvalue weighted by atomic mass is 9.95. The molecule has 1 rings (SSSR count). The SMILES string of the molecule is CCC(C(=O)O)c1cccc(CC=O)c1. The van der Waals surface area contributed by atoms with E-state index in [0.717, 1.165) is 17.4 Å². The molecule has 3 heteroatoms. The summed E-state index contributed by atoms with van der Waals surface area (Å²) in [7, 11) is 0. The van der Waals surface area contributed by atoms with Crippen LogP contribution in [-0.2, 0) is 16.0 Å². The van der Waals surface area contributed by atoms with Crippen LogP contribution in [0.15, 0.2) is 24.3 Å². The first-order valence-corrected chi connectivity index (χ1v) is 4.94. The van der Waals surface area contributed by atoms with Crippen molar-refractivity contribution < 1.29 is 14.7 Å². The third-order valence-electron chi connectivity index (χ3n) is 2.38.